The van der Waals surface area contributed by atoms with E-state index >= 15 is 0 Å². The number of amides is 2. The second-order valence-corrected chi connectivity index (χ2v) is 6.77. The highest BCUT2D eigenvalue weighted by molar-refractivity contribution is 6.01. The number of rotatable bonds is 10. The molecule has 0 saturated carbocycles. The molecule has 0 aliphatic heterocycles. The number of hydrogen-bond acceptors (Lipinski definition) is 10. The lowest BCUT2D eigenvalue weighted by Gasteiger charge is -2.12. The number of pyridine rings is 1. The Labute approximate surface area is 193 Å². The monoisotopic (exact) mass is 461 g/mol. The van der Waals surface area contributed by atoms with Gasteiger partial charge in [0.2, 0.25) is 11.9 Å². The van der Waals surface area contributed by atoms with Crippen LogP contribution in [0.25, 0.3) is 11.3 Å². The lowest BCUT2D eigenvalue weighted by atomic mass is 10.0. The van der Waals surface area contributed by atoms with Crippen LogP contribution in [0.5, 0.6) is 0 Å². The number of nitrogens with two attached hydrogens (primary N) is 1. The van der Waals surface area contributed by atoms with Crippen molar-refractivity contribution >= 4 is 29.3 Å². The van der Waals surface area contributed by atoms with Gasteiger partial charge in [0.25, 0.3) is 11.6 Å². The fourth-order valence-corrected chi connectivity index (χ4v) is 2.85. The maximum Gasteiger partial charge on any atom is 0.287 e. The van der Waals surface area contributed by atoms with Crippen molar-refractivity contribution in [2.24, 2.45) is 5.73 Å². The Morgan fingerprint density at radius 3 is 2.53 bits per heavy atom. The molecule has 1 aromatic carbocycles. The van der Waals surface area contributed by atoms with Crippen molar-refractivity contribution < 1.29 is 14.5 Å². The zero-order valence-corrected chi connectivity index (χ0v) is 17.7. The van der Waals surface area contributed by atoms with Crippen molar-refractivity contribution in [3.63, 3.8) is 0 Å². The second-order valence-electron chi connectivity index (χ2n) is 6.77. The first-order valence-electron chi connectivity index (χ1n) is 9.90. The molecule has 3 aromatic rings. The number of nitro groups is 1. The van der Waals surface area contributed by atoms with Gasteiger partial charge in [-0.2, -0.15) is 5.26 Å². The van der Waals surface area contributed by atoms with Gasteiger partial charge in [0.05, 0.1) is 34.4 Å². The summed E-state index contributed by atoms with van der Waals surface area (Å²) < 4.78 is 0. The molecule has 0 bridgehead atoms. The summed E-state index contributed by atoms with van der Waals surface area (Å²) in [5.41, 5.74) is 5.99. The van der Waals surface area contributed by atoms with E-state index < -0.39 is 16.7 Å². The van der Waals surface area contributed by atoms with Crippen LogP contribution in [0.4, 0.5) is 17.5 Å². The van der Waals surface area contributed by atoms with E-state index in [1.54, 1.807) is 24.3 Å². The van der Waals surface area contributed by atoms with Gasteiger partial charge in [-0.1, -0.05) is 18.2 Å². The standard InChI is InChI=1S/C21H19N9O4/c22-9-13-3-1-2-4-15(13)19-16(20(32)27-12-17(23)31)11-28-21(29-19)25-8-7-24-18-6-5-14(10-26-18)30(33)34/h1-6,10-11H,7-8,12H2,(H2,23,31)(H,24,26)(H,27,32)(H,25,28,29). The highest BCUT2D eigenvalue weighted by Gasteiger charge is 2.19. The lowest BCUT2D eigenvalue weighted by Crippen LogP contribution is -2.33. The number of hydrogen-bond donors (Lipinski definition) is 4. The number of nitriles is 1. The molecule has 2 heterocycles. The molecule has 2 aromatic heterocycles. The average Bonchev–Trinajstić information content (AvgIpc) is 2.85. The summed E-state index contributed by atoms with van der Waals surface area (Å²) in [6.07, 6.45) is 2.44. The topological polar surface area (TPSA) is 202 Å². The zero-order chi connectivity index (χ0) is 24.5. The van der Waals surface area contributed by atoms with Crippen LogP contribution in [0.15, 0.2) is 48.8 Å². The third-order valence-corrected chi connectivity index (χ3v) is 4.43. The summed E-state index contributed by atoms with van der Waals surface area (Å²) >= 11 is 0. The Kier molecular flexibility index (Phi) is 7.59. The number of carbonyl (C=O) groups excluding carboxylic acids is 2. The van der Waals surface area contributed by atoms with Gasteiger partial charge in [-0.15, -0.1) is 0 Å². The van der Waals surface area contributed by atoms with Crippen LogP contribution < -0.4 is 21.7 Å². The summed E-state index contributed by atoms with van der Waals surface area (Å²) in [4.78, 5) is 46.3. The predicted octanol–water partition coefficient (Wildman–Crippen LogP) is 1.06. The van der Waals surface area contributed by atoms with Crippen LogP contribution in [-0.4, -0.2) is 51.3 Å². The van der Waals surface area contributed by atoms with E-state index in [2.05, 4.69) is 37.0 Å². The van der Waals surface area contributed by atoms with E-state index in [1.165, 1.54) is 18.3 Å². The van der Waals surface area contributed by atoms with Crippen molar-refractivity contribution in [2.45, 2.75) is 0 Å². The van der Waals surface area contributed by atoms with Crippen LogP contribution in [-0.2, 0) is 4.79 Å². The van der Waals surface area contributed by atoms with Gasteiger partial charge < -0.3 is 21.7 Å². The third-order valence-electron chi connectivity index (χ3n) is 4.43. The van der Waals surface area contributed by atoms with Gasteiger partial charge in [-0.3, -0.25) is 19.7 Å². The molecule has 0 radical (unpaired) electrons. The van der Waals surface area contributed by atoms with Gasteiger partial charge in [0.1, 0.15) is 12.0 Å². The molecular weight excluding hydrogens is 442 g/mol. The van der Waals surface area contributed by atoms with Crippen molar-refractivity contribution in [3.8, 4) is 17.3 Å². The molecule has 13 nitrogen and oxygen atoms in total. The van der Waals surface area contributed by atoms with E-state index in [9.17, 15) is 25.0 Å². The number of carbonyl (C=O) groups is 2. The lowest BCUT2D eigenvalue weighted by molar-refractivity contribution is -0.385. The zero-order valence-electron chi connectivity index (χ0n) is 17.7. The van der Waals surface area contributed by atoms with Crippen LogP contribution in [0.1, 0.15) is 15.9 Å². The average molecular weight is 461 g/mol. The van der Waals surface area contributed by atoms with Crippen LogP contribution in [0, 0.1) is 21.4 Å². The number of nitrogens with one attached hydrogen (secondary N) is 3. The van der Waals surface area contributed by atoms with Gasteiger partial charge in [0, 0.05) is 30.9 Å². The van der Waals surface area contributed by atoms with E-state index in [4.69, 9.17) is 5.73 Å². The van der Waals surface area contributed by atoms with Crippen LogP contribution in [0.3, 0.4) is 0 Å². The third kappa shape index (κ3) is 5.98. The Balaban J connectivity index is 1.75. The van der Waals surface area contributed by atoms with E-state index in [-0.39, 0.29) is 29.4 Å². The molecule has 0 fully saturated rings. The van der Waals surface area contributed by atoms with E-state index in [1.807, 2.05) is 0 Å². The minimum atomic E-state index is -0.707. The molecule has 0 aliphatic rings. The SMILES string of the molecule is N#Cc1ccccc1-c1nc(NCCNc2ccc([N+](=O)[O-])cn2)ncc1C(=O)NCC(N)=O. The minimum absolute atomic E-state index is 0.0719. The molecule has 0 unspecified atom stereocenters. The molecule has 3 rings (SSSR count). The first-order valence-corrected chi connectivity index (χ1v) is 9.90. The van der Waals surface area contributed by atoms with E-state index in [0.29, 0.717) is 30.0 Å². The summed E-state index contributed by atoms with van der Waals surface area (Å²) in [7, 11) is 0. The molecule has 34 heavy (non-hydrogen) atoms. The number of nitrogens with zero attached hydrogens (tertiary/aromatic N) is 5. The Bertz CT molecular complexity index is 1260. The normalized spacial score (nSPS) is 10.1. The van der Waals surface area contributed by atoms with Crippen molar-refractivity contribution in [1.29, 1.82) is 5.26 Å². The molecule has 0 spiro atoms. The number of anilines is 2. The fraction of sp³-hybridized carbons (Fsp3) is 0.143. The highest BCUT2D eigenvalue weighted by Crippen LogP contribution is 2.25. The molecule has 172 valence electrons. The first kappa shape index (κ1) is 23.5. The van der Waals surface area contributed by atoms with Crippen LogP contribution >= 0.6 is 0 Å². The molecule has 0 aliphatic carbocycles. The maximum atomic E-state index is 12.6. The van der Waals surface area contributed by atoms with Gasteiger partial charge in [0.15, 0.2) is 0 Å². The van der Waals surface area contributed by atoms with Gasteiger partial charge in [-0.25, -0.2) is 15.0 Å². The number of benzene rings is 1. The predicted molar refractivity (Wildman–Crippen MR) is 122 cm³/mol. The molecule has 0 atom stereocenters. The van der Waals surface area contributed by atoms with E-state index in [0.717, 1.165) is 6.20 Å². The maximum absolute atomic E-state index is 12.6. The molecular formula is C21H19N9O4. The summed E-state index contributed by atoms with van der Waals surface area (Å²) in [6.45, 7) is 0.380. The first-order chi connectivity index (χ1) is 16.4. The fourth-order valence-electron chi connectivity index (χ4n) is 2.85. The Hall–Kier alpha value is -5.12. The van der Waals surface area contributed by atoms with Crippen LogP contribution in [0.2, 0.25) is 0 Å². The molecule has 2 amide bonds. The molecule has 0 saturated heterocycles. The largest absolute Gasteiger partial charge is 0.368 e. The van der Waals surface area contributed by atoms with Crippen molar-refractivity contribution in [3.05, 3.63) is 70.0 Å². The Morgan fingerprint density at radius 1 is 1.09 bits per heavy atom. The summed E-state index contributed by atoms with van der Waals surface area (Å²) in [6, 6.07) is 11.5. The van der Waals surface area contributed by atoms with Crippen molar-refractivity contribution in [2.75, 3.05) is 30.3 Å². The van der Waals surface area contributed by atoms with Gasteiger partial charge in [-0.05, 0) is 12.1 Å². The molecule has 5 N–H and O–H groups in total. The van der Waals surface area contributed by atoms with Crippen molar-refractivity contribution in [1.82, 2.24) is 20.3 Å². The highest BCUT2D eigenvalue weighted by atomic mass is 16.6. The quantitative estimate of drug-likeness (QED) is 0.192. The smallest absolute Gasteiger partial charge is 0.287 e. The second kappa shape index (κ2) is 11.0. The minimum Gasteiger partial charge on any atom is -0.368 e. The number of aromatic nitrogens is 3. The summed E-state index contributed by atoms with van der Waals surface area (Å²) in [5, 5.41) is 28.5. The molecule has 13 heteroatoms. The number of primary amides is 1. The Morgan fingerprint density at radius 2 is 1.85 bits per heavy atom. The summed E-state index contributed by atoms with van der Waals surface area (Å²) in [5.74, 6) is -0.661. The van der Waals surface area contributed by atoms with Gasteiger partial charge >= 0.3 is 0 Å².